The van der Waals surface area contributed by atoms with Gasteiger partial charge in [0, 0.05) is 12.6 Å². The molecule has 0 aromatic heterocycles. The summed E-state index contributed by atoms with van der Waals surface area (Å²) in [6.07, 6.45) is 7.18. The van der Waals surface area contributed by atoms with Crippen LogP contribution in [0.4, 0.5) is 0 Å². The van der Waals surface area contributed by atoms with Gasteiger partial charge in [-0.15, -0.1) is 6.58 Å². The summed E-state index contributed by atoms with van der Waals surface area (Å²) in [6.45, 7) is 6.86. The number of piperidine rings is 1. The molecule has 1 atom stereocenters. The zero-order chi connectivity index (χ0) is 8.81. The van der Waals surface area contributed by atoms with E-state index >= 15 is 0 Å². The third kappa shape index (κ3) is 2.61. The van der Waals surface area contributed by atoms with Crippen molar-refractivity contribution < 1.29 is 0 Å². The minimum atomic E-state index is 0.724. The van der Waals surface area contributed by atoms with Crippen molar-refractivity contribution in [3.8, 4) is 0 Å². The molecule has 2 N–H and O–H groups in total. The van der Waals surface area contributed by atoms with Gasteiger partial charge in [-0.05, 0) is 32.4 Å². The zero-order valence-corrected chi connectivity index (χ0v) is 7.84. The lowest BCUT2D eigenvalue weighted by Gasteiger charge is -2.34. The summed E-state index contributed by atoms with van der Waals surface area (Å²) in [6, 6.07) is 0.724. The second-order valence-corrected chi connectivity index (χ2v) is 3.51. The molecule has 70 valence electrons. The number of hydrogen-bond donors (Lipinski definition) is 1. The highest BCUT2D eigenvalue weighted by atomic mass is 15.2. The molecule has 1 fully saturated rings. The molecule has 0 spiro atoms. The van der Waals surface area contributed by atoms with Crippen LogP contribution in [0.5, 0.6) is 0 Å². The Morgan fingerprint density at radius 3 is 3.00 bits per heavy atom. The molecule has 2 nitrogen and oxygen atoms in total. The first kappa shape index (κ1) is 9.75. The number of likely N-dealkylation sites (tertiary alicyclic amines) is 1. The van der Waals surface area contributed by atoms with Gasteiger partial charge in [0.2, 0.25) is 0 Å². The topological polar surface area (TPSA) is 29.3 Å². The van der Waals surface area contributed by atoms with Crippen LogP contribution < -0.4 is 5.73 Å². The van der Waals surface area contributed by atoms with E-state index in [4.69, 9.17) is 5.73 Å². The number of nitrogens with two attached hydrogens (primary N) is 1. The molecular weight excluding hydrogens is 148 g/mol. The van der Waals surface area contributed by atoms with Gasteiger partial charge in [0.25, 0.3) is 0 Å². The van der Waals surface area contributed by atoms with Crippen molar-refractivity contribution in [3.63, 3.8) is 0 Å². The molecule has 1 rings (SSSR count). The highest BCUT2D eigenvalue weighted by molar-refractivity contribution is 4.82. The fourth-order valence-corrected chi connectivity index (χ4v) is 1.99. The summed E-state index contributed by atoms with van der Waals surface area (Å²) in [5.74, 6) is 0. The predicted octanol–water partition coefficient (Wildman–Crippen LogP) is 1.38. The molecule has 1 saturated heterocycles. The molecule has 0 bridgehead atoms. The average molecular weight is 168 g/mol. The first-order valence-electron chi connectivity index (χ1n) is 4.93. The number of rotatable bonds is 4. The highest BCUT2D eigenvalue weighted by Gasteiger charge is 2.19. The molecule has 0 saturated carbocycles. The van der Waals surface area contributed by atoms with Crippen LogP contribution >= 0.6 is 0 Å². The first-order valence-corrected chi connectivity index (χ1v) is 4.93. The maximum Gasteiger partial charge on any atom is 0.0163 e. The van der Waals surface area contributed by atoms with E-state index in [1.54, 1.807) is 0 Å². The van der Waals surface area contributed by atoms with E-state index in [2.05, 4.69) is 11.5 Å². The second-order valence-electron chi connectivity index (χ2n) is 3.51. The summed E-state index contributed by atoms with van der Waals surface area (Å²) in [7, 11) is 0. The van der Waals surface area contributed by atoms with Crippen molar-refractivity contribution in [1.29, 1.82) is 0 Å². The number of hydrogen-bond acceptors (Lipinski definition) is 2. The molecule has 0 radical (unpaired) electrons. The van der Waals surface area contributed by atoms with Crippen molar-refractivity contribution in [2.45, 2.75) is 31.7 Å². The van der Waals surface area contributed by atoms with E-state index < -0.39 is 0 Å². The van der Waals surface area contributed by atoms with E-state index in [1.807, 2.05) is 6.08 Å². The van der Waals surface area contributed by atoms with Crippen LogP contribution in [-0.4, -0.2) is 30.6 Å². The smallest absolute Gasteiger partial charge is 0.0163 e. The Morgan fingerprint density at radius 1 is 1.50 bits per heavy atom. The van der Waals surface area contributed by atoms with Gasteiger partial charge in [0.05, 0.1) is 0 Å². The van der Waals surface area contributed by atoms with Crippen LogP contribution in [0.15, 0.2) is 12.7 Å². The fourth-order valence-electron chi connectivity index (χ4n) is 1.99. The summed E-state index contributed by atoms with van der Waals surface area (Å²) < 4.78 is 0. The van der Waals surface area contributed by atoms with Crippen molar-refractivity contribution in [3.05, 3.63) is 12.7 Å². The van der Waals surface area contributed by atoms with Gasteiger partial charge in [-0.2, -0.15) is 0 Å². The van der Waals surface area contributed by atoms with Crippen molar-refractivity contribution in [2.24, 2.45) is 5.73 Å². The molecule has 0 aromatic carbocycles. The lowest BCUT2D eigenvalue weighted by molar-refractivity contribution is 0.158. The van der Waals surface area contributed by atoms with Crippen LogP contribution in [0.2, 0.25) is 0 Å². The average Bonchev–Trinajstić information content (AvgIpc) is 2.09. The van der Waals surface area contributed by atoms with Crippen LogP contribution in [0, 0.1) is 0 Å². The van der Waals surface area contributed by atoms with Gasteiger partial charge in [-0.25, -0.2) is 0 Å². The van der Waals surface area contributed by atoms with E-state index in [1.165, 1.54) is 25.8 Å². The van der Waals surface area contributed by atoms with Crippen LogP contribution in [-0.2, 0) is 0 Å². The fraction of sp³-hybridized carbons (Fsp3) is 0.800. The minimum absolute atomic E-state index is 0.724. The predicted molar refractivity (Wildman–Crippen MR) is 53.1 cm³/mol. The van der Waals surface area contributed by atoms with E-state index in [9.17, 15) is 0 Å². The zero-order valence-electron chi connectivity index (χ0n) is 7.84. The molecule has 0 amide bonds. The Bertz CT molecular complexity index is 132. The van der Waals surface area contributed by atoms with Gasteiger partial charge in [-0.1, -0.05) is 12.5 Å². The Morgan fingerprint density at radius 2 is 2.33 bits per heavy atom. The Hall–Kier alpha value is -0.340. The summed E-state index contributed by atoms with van der Waals surface area (Å²) in [5, 5.41) is 0. The quantitative estimate of drug-likeness (QED) is 0.642. The van der Waals surface area contributed by atoms with Gasteiger partial charge in [0.15, 0.2) is 0 Å². The third-order valence-corrected chi connectivity index (χ3v) is 2.61. The lowest BCUT2D eigenvalue weighted by atomic mass is 9.99. The van der Waals surface area contributed by atoms with Crippen molar-refractivity contribution in [1.82, 2.24) is 4.90 Å². The molecule has 12 heavy (non-hydrogen) atoms. The Labute approximate surface area is 75.4 Å². The van der Waals surface area contributed by atoms with E-state index in [-0.39, 0.29) is 0 Å². The molecule has 0 aromatic rings. The number of nitrogens with zero attached hydrogens (tertiary/aromatic N) is 1. The molecule has 1 aliphatic heterocycles. The SMILES string of the molecule is C=CCN1CCCCC1CCN. The van der Waals surface area contributed by atoms with E-state index in [0.29, 0.717) is 0 Å². The van der Waals surface area contributed by atoms with Crippen LogP contribution in [0.3, 0.4) is 0 Å². The molecule has 1 heterocycles. The van der Waals surface area contributed by atoms with Gasteiger partial charge in [-0.3, -0.25) is 4.90 Å². The molecule has 1 aliphatic rings. The molecule has 2 heteroatoms. The van der Waals surface area contributed by atoms with Crippen molar-refractivity contribution >= 4 is 0 Å². The Kier molecular flexibility index (Phi) is 4.33. The normalized spacial score (nSPS) is 25.6. The summed E-state index contributed by atoms with van der Waals surface area (Å²) in [4.78, 5) is 2.50. The van der Waals surface area contributed by atoms with Gasteiger partial charge >= 0.3 is 0 Å². The first-order chi connectivity index (χ1) is 5.88. The lowest BCUT2D eigenvalue weighted by Crippen LogP contribution is -2.40. The standard InChI is InChI=1S/C10H20N2/c1-2-8-12-9-4-3-5-10(12)6-7-11/h2,10H,1,3-9,11H2. The van der Waals surface area contributed by atoms with Crippen molar-refractivity contribution in [2.75, 3.05) is 19.6 Å². The maximum absolute atomic E-state index is 5.57. The van der Waals surface area contributed by atoms with Gasteiger partial charge in [0.1, 0.15) is 0 Å². The van der Waals surface area contributed by atoms with Crippen LogP contribution in [0.25, 0.3) is 0 Å². The summed E-state index contributed by atoms with van der Waals surface area (Å²) >= 11 is 0. The monoisotopic (exact) mass is 168 g/mol. The Balaban J connectivity index is 2.36. The van der Waals surface area contributed by atoms with E-state index in [0.717, 1.165) is 25.6 Å². The largest absolute Gasteiger partial charge is 0.330 e. The summed E-state index contributed by atoms with van der Waals surface area (Å²) in [5.41, 5.74) is 5.57. The second kappa shape index (κ2) is 5.33. The highest BCUT2D eigenvalue weighted by Crippen LogP contribution is 2.18. The molecule has 1 unspecified atom stereocenters. The third-order valence-electron chi connectivity index (χ3n) is 2.61. The minimum Gasteiger partial charge on any atom is -0.330 e. The molecular formula is C10H20N2. The molecule has 0 aliphatic carbocycles. The van der Waals surface area contributed by atoms with Crippen LogP contribution in [0.1, 0.15) is 25.7 Å². The van der Waals surface area contributed by atoms with Gasteiger partial charge < -0.3 is 5.73 Å². The maximum atomic E-state index is 5.57.